The van der Waals surface area contributed by atoms with Gasteiger partial charge in [0, 0.05) is 19.1 Å². The molecule has 5 nitrogen and oxygen atoms in total. The van der Waals surface area contributed by atoms with Gasteiger partial charge in [0.15, 0.2) is 5.96 Å². The van der Waals surface area contributed by atoms with Crippen LogP contribution in [0.1, 0.15) is 38.7 Å². The second-order valence-electron chi connectivity index (χ2n) is 6.49. The Kier molecular flexibility index (Phi) is 8.60. The lowest BCUT2D eigenvalue weighted by molar-refractivity contribution is 0.161. The zero-order valence-electron chi connectivity index (χ0n) is 16.1. The zero-order valence-corrected chi connectivity index (χ0v) is 16.1. The van der Waals surface area contributed by atoms with Gasteiger partial charge in [0.05, 0.1) is 13.7 Å². The predicted octanol–water partition coefficient (Wildman–Crippen LogP) is 2.67. The molecule has 2 rings (SSSR count). The molecular weight excluding hydrogens is 312 g/mol. The SMILES string of the molecule is CCNC(=NCC1CCCCN1CC)NCCc1ccccc1OC. The molecule has 1 aromatic carbocycles. The first-order valence-corrected chi connectivity index (χ1v) is 9.66. The lowest BCUT2D eigenvalue weighted by Crippen LogP contribution is -2.43. The van der Waals surface area contributed by atoms with E-state index in [9.17, 15) is 0 Å². The summed E-state index contributed by atoms with van der Waals surface area (Å²) in [6.45, 7) is 9.29. The Hall–Kier alpha value is -1.75. The molecule has 1 aromatic rings. The van der Waals surface area contributed by atoms with Crippen LogP contribution in [0.4, 0.5) is 0 Å². The molecule has 25 heavy (non-hydrogen) atoms. The molecular formula is C20H34N4O. The minimum Gasteiger partial charge on any atom is -0.496 e. The minimum absolute atomic E-state index is 0.587. The maximum absolute atomic E-state index is 5.42. The maximum atomic E-state index is 5.42. The molecule has 5 heteroatoms. The summed E-state index contributed by atoms with van der Waals surface area (Å²) in [5.74, 6) is 1.87. The van der Waals surface area contributed by atoms with Gasteiger partial charge in [-0.15, -0.1) is 0 Å². The number of rotatable bonds is 8. The number of hydrogen-bond acceptors (Lipinski definition) is 3. The fraction of sp³-hybridized carbons (Fsp3) is 0.650. The first-order chi connectivity index (χ1) is 12.3. The van der Waals surface area contributed by atoms with Gasteiger partial charge in [-0.05, 0) is 50.9 Å². The summed E-state index contributed by atoms with van der Waals surface area (Å²) in [7, 11) is 1.72. The summed E-state index contributed by atoms with van der Waals surface area (Å²) in [6.07, 6.45) is 4.83. The number of aliphatic imine (C=N–C) groups is 1. The van der Waals surface area contributed by atoms with Gasteiger partial charge in [0.1, 0.15) is 5.75 Å². The Morgan fingerprint density at radius 3 is 2.84 bits per heavy atom. The van der Waals surface area contributed by atoms with Crippen LogP contribution in [0.15, 0.2) is 29.3 Å². The minimum atomic E-state index is 0.587. The molecule has 1 unspecified atom stereocenters. The Morgan fingerprint density at radius 1 is 1.24 bits per heavy atom. The van der Waals surface area contributed by atoms with Gasteiger partial charge in [-0.2, -0.15) is 0 Å². The molecule has 0 aromatic heterocycles. The van der Waals surface area contributed by atoms with Crippen molar-refractivity contribution in [1.29, 1.82) is 0 Å². The molecule has 2 N–H and O–H groups in total. The van der Waals surface area contributed by atoms with Crippen LogP contribution < -0.4 is 15.4 Å². The third kappa shape index (κ3) is 6.24. The van der Waals surface area contributed by atoms with Crippen LogP contribution in [0.2, 0.25) is 0 Å². The Morgan fingerprint density at radius 2 is 2.08 bits per heavy atom. The van der Waals surface area contributed by atoms with Crippen molar-refractivity contribution in [3.05, 3.63) is 29.8 Å². The van der Waals surface area contributed by atoms with E-state index in [1.165, 1.54) is 31.4 Å². The maximum Gasteiger partial charge on any atom is 0.191 e. The molecule has 0 bridgehead atoms. The van der Waals surface area contributed by atoms with E-state index >= 15 is 0 Å². The van der Waals surface area contributed by atoms with Gasteiger partial charge < -0.3 is 15.4 Å². The molecule has 0 aliphatic carbocycles. The number of likely N-dealkylation sites (N-methyl/N-ethyl adjacent to an activating group) is 1. The number of methoxy groups -OCH3 is 1. The van der Waals surface area contributed by atoms with E-state index < -0.39 is 0 Å². The van der Waals surface area contributed by atoms with Crippen LogP contribution in [-0.2, 0) is 6.42 Å². The van der Waals surface area contributed by atoms with Crippen molar-refractivity contribution in [1.82, 2.24) is 15.5 Å². The highest BCUT2D eigenvalue weighted by Gasteiger charge is 2.20. The predicted molar refractivity (Wildman–Crippen MR) is 106 cm³/mol. The van der Waals surface area contributed by atoms with Crippen molar-refractivity contribution < 1.29 is 4.74 Å². The average molecular weight is 347 g/mol. The number of guanidine groups is 1. The van der Waals surface area contributed by atoms with Gasteiger partial charge >= 0.3 is 0 Å². The Labute approximate surface area is 152 Å². The second kappa shape index (κ2) is 11.0. The lowest BCUT2D eigenvalue weighted by atomic mass is 10.0. The third-order valence-corrected chi connectivity index (χ3v) is 4.84. The molecule has 0 saturated carbocycles. The highest BCUT2D eigenvalue weighted by molar-refractivity contribution is 5.79. The Balaban J connectivity index is 1.86. The second-order valence-corrected chi connectivity index (χ2v) is 6.49. The molecule has 1 fully saturated rings. The van der Waals surface area contributed by atoms with Crippen molar-refractivity contribution in [3.63, 3.8) is 0 Å². The molecule has 1 aliphatic rings. The number of nitrogens with one attached hydrogen (secondary N) is 2. The summed E-state index contributed by atoms with van der Waals surface area (Å²) < 4.78 is 5.42. The standard InChI is InChI=1S/C20H34N4O/c1-4-21-20(23-16-18-11-8-9-15-24(18)5-2)22-14-13-17-10-6-7-12-19(17)25-3/h6-7,10,12,18H,4-5,8-9,11,13-16H2,1-3H3,(H2,21,22,23). The highest BCUT2D eigenvalue weighted by atomic mass is 16.5. The third-order valence-electron chi connectivity index (χ3n) is 4.84. The molecule has 1 atom stereocenters. The van der Waals surface area contributed by atoms with Crippen LogP contribution in [0.5, 0.6) is 5.75 Å². The molecule has 140 valence electrons. The van der Waals surface area contributed by atoms with Crippen molar-refractivity contribution >= 4 is 5.96 Å². The van der Waals surface area contributed by atoms with Crippen LogP contribution in [-0.4, -0.2) is 56.7 Å². The molecule has 0 radical (unpaired) electrons. The van der Waals surface area contributed by atoms with Crippen LogP contribution in [0, 0.1) is 0 Å². The smallest absolute Gasteiger partial charge is 0.191 e. The number of hydrogen-bond donors (Lipinski definition) is 2. The normalized spacial score (nSPS) is 18.8. The molecule has 1 heterocycles. The van der Waals surface area contributed by atoms with Crippen molar-refractivity contribution in [2.24, 2.45) is 4.99 Å². The topological polar surface area (TPSA) is 48.9 Å². The van der Waals surface area contributed by atoms with E-state index in [4.69, 9.17) is 9.73 Å². The molecule has 1 aliphatic heterocycles. The number of nitrogens with zero attached hydrogens (tertiary/aromatic N) is 2. The largest absolute Gasteiger partial charge is 0.496 e. The number of ether oxygens (including phenoxy) is 1. The first-order valence-electron chi connectivity index (χ1n) is 9.66. The summed E-state index contributed by atoms with van der Waals surface area (Å²) in [4.78, 5) is 7.39. The summed E-state index contributed by atoms with van der Waals surface area (Å²) >= 11 is 0. The van der Waals surface area contributed by atoms with E-state index in [0.717, 1.165) is 44.3 Å². The quantitative estimate of drug-likeness (QED) is 0.561. The highest BCUT2D eigenvalue weighted by Crippen LogP contribution is 2.18. The summed E-state index contributed by atoms with van der Waals surface area (Å²) in [6, 6.07) is 8.77. The van der Waals surface area contributed by atoms with Crippen molar-refractivity contribution in [3.8, 4) is 5.75 Å². The number of benzene rings is 1. The van der Waals surface area contributed by atoms with Crippen molar-refractivity contribution in [2.45, 2.75) is 45.6 Å². The number of piperidine rings is 1. The van der Waals surface area contributed by atoms with Gasteiger partial charge in [-0.25, -0.2) is 0 Å². The monoisotopic (exact) mass is 346 g/mol. The van der Waals surface area contributed by atoms with Crippen molar-refractivity contribution in [2.75, 3.05) is 39.8 Å². The first kappa shape index (κ1) is 19.6. The van der Waals surface area contributed by atoms with E-state index in [1.54, 1.807) is 7.11 Å². The molecule has 1 saturated heterocycles. The number of likely N-dealkylation sites (tertiary alicyclic amines) is 1. The van der Waals surface area contributed by atoms with E-state index in [1.807, 2.05) is 12.1 Å². The van der Waals surface area contributed by atoms with Crippen LogP contribution in [0.3, 0.4) is 0 Å². The summed E-state index contributed by atoms with van der Waals surface area (Å²) in [5.41, 5.74) is 1.22. The van der Waals surface area contributed by atoms with E-state index in [0.29, 0.717) is 6.04 Å². The van der Waals surface area contributed by atoms with Gasteiger partial charge in [0.2, 0.25) is 0 Å². The van der Waals surface area contributed by atoms with E-state index in [2.05, 4.69) is 41.5 Å². The van der Waals surface area contributed by atoms with Gasteiger partial charge in [-0.1, -0.05) is 31.5 Å². The summed E-state index contributed by atoms with van der Waals surface area (Å²) in [5, 5.41) is 6.82. The van der Waals surface area contributed by atoms with Gasteiger partial charge in [0.25, 0.3) is 0 Å². The number of para-hydroxylation sites is 1. The fourth-order valence-electron chi connectivity index (χ4n) is 3.45. The fourth-order valence-corrected chi connectivity index (χ4v) is 3.45. The van der Waals surface area contributed by atoms with Gasteiger partial charge in [-0.3, -0.25) is 9.89 Å². The van der Waals surface area contributed by atoms with Crippen LogP contribution >= 0.6 is 0 Å². The zero-order chi connectivity index (χ0) is 17.9. The van der Waals surface area contributed by atoms with E-state index in [-0.39, 0.29) is 0 Å². The molecule has 0 spiro atoms. The molecule has 0 amide bonds. The lowest BCUT2D eigenvalue weighted by Gasteiger charge is -2.34. The average Bonchev–Trinajstić information content (AvgIpc) is 2.66. The van der Waals surface area contributed by atoms with Crippen LogP contribution in [0.25, 0.3) is 0 Å². The Bertz CT molecular complexity index is 532.